The van der Waals surface area contributed by atoms with Gasteiger partial charge >= 0.3 is 0 Å². The molecule has 0 aliphatic rings. The van der Waals surface area contributed by atoms with Crippen LogP contribution >= 0.6 is 0 Å². The summed E-state index contributed by atoms with van der Waals surface area (Å²) in [6, 6.07) is 19.5. The van der Waals surface area contributed by atoms with Crippen molar-refractivity contribution in [1.29, 1.82) is 0 Å². The molecule has 0 fully saturated rings. The van der Waals surface area contributed by atoms with E-state index in [9.17, 15) is 13.2 Å². The van der Waals surface area contributed by atoms with Crippen molar-refractivity contribution in [2.45, 2.75) is 32.6 Å². The van der Waals surface area contributed by atoms with Gasteiger partial charge in [0.1, 0.15) is 18.9 Å². The number of carbonyl (C=O) groups is 1. The van der Waals surface area contributed by atoms with Gasteiger partial charge in [0.15, 0.2) is 0 Å². The minimum absolute atomic E-state index is 0.139. The van der Waals surface area contributed by atoms with Crippen molar-refractivity contribution in [2.75, 3.05) is 24.0 Å². The van der Waals surface area contributed by atoms with E-state index >= 15 is 0 Å². The van der Waals surface area contributed by atoms with E-state index in [2.05, 4.69) is 5.32 Å². The molecule has 0 atom stereocenters. The number of amides is 1. The van der Waals surface area contributed by atoms with Crippen LogP contribution in [0, 0.1) is 27.7 Å². The Labute approximate surface area is 196 Å². The molecule has 0 spiro atoms. The van der Waals surface area contributed by atoms with E-state index in [1.165, 1.54) is 5.56 Å². The lowest BCUT2D eigenvalue weighted by molar-refractivity contribution is -0.119. The number of hydrogen-bond donors (Lipinski definition) is 1. The number of hydrogen-bond acceptors (Lipinski definition) is 4. The van der Waals surface area contributed by atoms with Crippen LogP contribution < -0.4 is 14.4 Å². The molecule has 7 heteroatoms. The summed E-state index contributed by atoms with van der Waals surface area (Å²) < 4.78 is 33.6. The molecule has 3 rings (SSSR count). The third-order valence-electron chi connectivity index (χ3n) is 5.36. The minimum atomic E-state index is -3.92. The summed E-state index contributed by atoms with van der Waals surface area (Å²) in [5.41, 5.74) is 4.61. The van der Waals surface area contributed by atoms with E-state index in [0.717, 1.165) is 26.7 Å². The molecule has 0 aromatic heterocycles. The van der Waals surface area contributed by atoms with Crippen molar-refractivity contribution in [3.05, 3.63) is 89.0 Å². The van der Waals surface area contributed by atoms with Crippen LogP contribution in [0.5, 0.6) is 5.75 Å². The first-order chi connectivity index (χ1) is 15.7. The molecule has 0 aliphatic carbocycles. The fraction of sp³-hybridized carbons (Fsp3) is 0.269. The number of rotatable bonds is 9. The Morgan fingerprint density at radius 1 is 0.879 bits per heavy atom. The predicted molar refractivity (Wildman–Crippen MR) is 131 cm³/mol. The lowest BCUT2D eigenvalue weighted by Crippen LogP contribution is -2.42. The van der Waals surface area contributed by atoms with E-state index in [-0.39, 0.29) is 24.6 Å². The third-order valence-corrected chi connectivity index (χ3v) is 7.15. The zero-order valence-corrected chi connectivity index (χ0v) is 20.3. The molecule has 0 aliphatic heterocycles. The molecule has 0 radical (unpaired) electrons. The maximum atomic E-state index is 13.4. The van der Waals surface area contributed by atoms with Crippen LogP contribution in [0.15, 0.2) is 71.6 Å². The van der Waals surface area contributed by atoms with Gasteiger partial charge in [-0.15, -0.1) is 0 Å². The number of ether oxygens (including phenoxy) is 1. The van der Waals surface area contributed by atoms with E-state index in [4.69, 9.17) is 4.74 Å². The highest BCUT2D eigenvalue weighted by Crippen LogP contribution is 2.24. The van der Waals surface area contributed by atoms with E-state index < -0.39 is 15.9 Å². The summed E-state index contributed by atoms with van der Waals surface area (Å²) in [5, 5.41) is 2.76. The van der Waals surface area contributed by atoms with Crippen LogP contribution in [0.3, 0.4) is 0 Å². The second-order valence-corrected chi connectivity index (χ2v) is 9.97. The van der Waals surface area contributed by atoms with Gasteiger partial charge in [-0.25, -0.2) is 8.42 Å². The van der Waals surface area contributed by atoms with Crippen molar-refractivity contribution in [3.8, 4) is 5.75 Å². The zero-order chi connectivity index (χ0) is 24.0. The normalized spacial score (nSPS) is 11.2. The Hall–Kier alpha value is -3.32. The first-order valence-electron chi connectivity index (χ1n) is 10.8. The second kappa shape index (κ2) is 10.5. The Morgan fingerprint density at radius 3 is 2.27 bits per heavy atom. The van der Waals surface area contributed by atoms with Crippen LogP contribution in [0.2, 0.25) is 0 Å². The number of benzene rings is 3. The molecule has 0 saturated carbocycles. The summed E-state index contributed by atoms with van der Waals surface area (Å²) in [5.74, 6) is 0.326. The third kappa shape index (κ3) is 6.35. The van der Waals surface area contributed by atoms with Crippen molar-refractivity contribution < 1.29 is 17.9 Å². The molecule has 0 bridgehead atoms. The molecule has 33 heavy (non-hydrogen) atoms. The molecule has 1 N–H and O–H groups in total. The summed E-state index contributed by atoms with van der Waals surface area (Å²) in [7, 11) is -3.92. The number of sulfonamides is 1. The maximum absolute atomic E-state index is 13.4. The number of nitrogens with one attached hydrogen (secondary N) is 1. The Balaban J connectivity index is 1.70. The number of aryl methyl sites for hydroxylation is 4. The van der Waals surface area contributed by atoms with E-state index in [0.29, 0.717) is 5.69 Å². The van der Waals surface area contributed by atoms with Gasteiger partial charge in [0, 0.05) is 0 Å². The Bertz CT molecular complexity index is 1220. The van der Waals surface area contributed by atoms with Gasteiger partial charge in [0.25, 0.3) is 10.0 Å². The number of anilines is 1. The highest BCUT2D eigenvalue weighted by atomic mass is 32.2. The number of carbonyl (C=O) groups excluding carboxylic acids is 1. The highest BCUT2D eigenvalue weighted by molar-refractivity contribution is 7.92. The number of nitrogens with zero attached hydrogens (tertiary/aromatic N) is 1. The summed E-state index contributed by atoms with van der Waals surface area (Å²) >= 11 is 0. The molecule has 3 aromatic rings. The van der Waals surface area contributed by atoms with Gasteiger partial charge in [-0.2, -0.15) is 0 Å². The standard InChI is InChI=1S/C26H30N2O4S/c1-19-8-12-25(13-9-19)33(30,31)28(23-7-5-6-20(2)16-23)18-26(29)27-14-15-32-24-11-10-21(3)22(4)17-24/h5-13,16-17H,14-15,18H2,1-4H3,(H,27,29). The summed E-state index contributed by atoms with van der Waals surface area (Å²) in [6.07, 6.45) is 0. The SMILES string of the molecule is Cc1ccc(S(=O)(=O)N(CC(=O)NCCOc2ccc(C)c(C)c2)c2cccc(C)c2)cc1. The monoisotopic (exact) mass is 466 g/mol. The fourth-order valence-corrected chi connectivity index (χ4v) is 4.70. The van der Waals surface area contributed by atoms with Gasteiger partial charge in [-0.1, -0.05) is 35.9 Å². The van der Waals surface area contributed by atoms with Crippen LogP contribution in [0.25, 0.3) is 0 Å². The van der Waals surface area contributed by atoms with Crippen molar-refractivity contribution >= 4 is 21.6 Å². The highest BCUT2D eigenvalue weighted by Gasteiger charge is 2.27. The van der Waals surface area contributed by atoms with E-state index in [1.54, 1.807) is 42.5 Å². The van der Waals surface area contributed by atoms with Gasteiger partial charge in [0.2, 0.25) is 5.91 Å². The average molecular weight is 467 g/mol. The molecular weight excluding hydrogens is 436 g/mol. The first kappa shape index (κ1) is 24.3. The van der Waals surface area contributed by atoms with Gasteiger partial charge in [0.05, 0.1) is 17.1 Å². The quantitative estimate of drug-likeness (QED) is 0.477. The van der Waals surface area contributed by atoms with Crippen LogP contribution in [-0.2, 0) is 14.8 Å². The molecule has 6 nitrogen and oxygen atoms in total. The van der Waals surface area contributed by atoms with Crippen molar-refractivity contribution in [1.82, 2.24) is 5.32 Å². The largest absolute Gasteiger partial charge is 0.492 e. The topological polar surface area (TPSA) is 75.7 Å². The van der Waals surface area contributed by atoms with Gasteiger partial charge in [-0.05, 0) is 80.8 Å². The lowest BCUT2D eigenvalue weighted by atomic mass is 10.1. The smallest absolute Gasteiger partial charge is 0.264 e. The Kier molecular flexibility index (Phi) is 7.76. The molecular formula is C26H30N2O4S. The second-order valence-electron chi connectivity index (χ2n) is 8.11. The molecule has 174 valence electrons. The fourth-order valence-electron chi connectivity index (χ4n) is 3.28. The Morgan fingerprint density at radius 2 is 1.61 bits per heavy atom. The van der Waals surface area contributed by atoms with Crippen LogP contribution in [-0.4, -0.2) is 34.0 Å². The van der Waals surface area contributed by atoms with Crippen molar-refractivity contribution in [2.24, 2.45) is 0 Å². The molecule has 0 saturated heterocycles. The molecule has 0 unspecified atom stereocenters. The molecule has 0 heterocycles. The summed E-state index contributed by atoms with van der Waals surface area (Å²) in [6.45, 7) is 8.03. The average Bonchev–Trinajstić information content (AvgIpc) is 2.77. The van der Waals surface area contributed by atoms with Gasteiger partial charge < -0.3 is 10.1 Å². The first-order valence-corrected chi connectivity index (χ1v) is 12.2. The summed E-state index contributed by atoms with van der Waals surface area (Å²) in [4.78, 5) is 12.8. The minimum Gasteiger partial charge on any atom is -0.492 e. The van der Waals surface area contributed by atoms with Crippen LogP contribution in [0.4, 0.5) is 5.69 Å². The van der Waals surface area contributed by atoms with E-state index in [1.807, 2.05) is 52.0 Å². The van der Waals surface area contributed by atoms with Crippen molar-refractivity contribution in [3.63, 3.8) is 0 Å². The van der Waals surface area contributed by atoms with Gasteiger partial charge in [-0.3, -0.25) is 9.10 Å². The molecule has 3 aromatic carbocycles. The lowest BCUT2D eigenvalue weighted by Gasteiger charge is -2.24. The van der Waals surface area contributed by atoms with Crippen LogP contribution in [0.1, 0.15) is 22.3 Å². The zero-order valence-electron chi connectivity index (χ0n) is 19.5. The predicted octanol–water partition coefficient (Wildman–Crippen LogP) is 4.31. The maximum Gasteiger partial charge on any atom is 0.264 e. The molecule has 1 amide bonds.